The summed E-state index contributed by atoms with van der Waals surface area (Å²) in [6, 6.07) is 14.7. The summed E-state index contributed by atoms with van der Waals surface area (Å²) in [6.07, 6.45) is 0. The Balaban J connectivity index is 1.96. The van der Waals surface area contributed by atoms with Crippen molar-refractivity contribution in [1.29, 1.82) is 5.26 Å². The van der Waals surface area contributed by atoms with Gasteiger partial charge in [-0.1, -0.05) is 53.7 Å². The number of carbonyl (C=O) groups excluding carboxylic acids is 2. The van der Waals surface area contributed by atoms with Crippen LogP contribution in [0.25, 0.3) is 0 Å². The standard InChI is InChI=1S/C23H18ClN3O4S/c1-13-21(14(2)28)22(17-8-3-4-9-19(17)24)18(11-25)23(26-13)32-12-20(29)15-6-5-7-16(10-15)27(30)31/h3-10,22,26H,12H2,1-2H3. The van der Waals surface area contributed by atoms with Crippen LogP contribution in [0.15, 0.2) is 70.4 Å². The van der Waals surface area contributed by atoms with Gasteiger partial charge in [0.1, 0.15) is 0 Å². The van der Waals surface area contributed by atoms with Crippen molar-refractivity contribution in [2.75, 3.05) is 5.75 Å². The van der Waals surface area contributed by atoms with E-state index in [4.69, 9.17) is 11.6 Å². The zero-order chi connectivity index (χ0) is 23.4. The number of nitrogens with one attached hydrogen (secondary N) is 1. The second-order valence-corrected chi connectivity index (χ2v) is 8.44. The summed E-state index contributed by atoms with van der Waals surface area (Å²) in [5.41, 5.74) is 1.96. The summed E-state index contributed by atoms with van der Waals surface area (Å²) in [4.78, 5) is 35.5. The topological polar surface area (TPSA) is 113 Å². The van der Waals surface area contributed by atoms with Crippen LogP contribution >= 0.6 is 23.4 Å². The van der Waals surface area contributed by atoms with Crippen LogP contribution < -0.4 is 5.32 Å². The number of hydrogen-bond acceptors (Lipinski definition) is 7. The largest absolute Gasteiger partial charge is 0.353 e. The van der Waals surface area contributed by atoms with Crippen molar-refractivity contribution in [3.63, 3.8) is 0 Å². The van der Waals surface area contributed by atoms with Crippen LogP contribution in [-0.4, -0.2) is 22.2 Å². The maximum Gasteiger partial charge on any atom is 0.270 e. The van der Waals surface area contributed by atoms with E-state index in [1.54, 1.807) is 31.2 Å². The van der Waals surface area contributed by atoms with Gasteiger partial charge in [-0.3, -0.25) is 19.7 Å². The van der Waals surface area contributed by atoms with Gasteiger partial charge in [-0.05, 0) is 25.5 Å². The normalized spacial score (nSPS) is 15.8. The molecule has 1 unspecified atom stereocenters. The fourth-order valence-corrected chi connectivity index (χ4v) is 4.76. The number of carbonyl (C=O) groups is 2. The fraction of sp³-hybridized carbons (Fsp3) is 0.174. The molecular weight excluding hydrogens is 450 g/mol. The molecule has 0 aromatic heterocycles. The minimum absolute atomic E-state index is 0.0490. The monoisotopic (exact) mass is 467 g/mol. The molecule has 0 saturated heterocycles. The van der Waals surface area contributed by atoms with Gasteiger partial charge in [-0.15, -0.1) is 0 Å². The average Bonchev–Trinajstić information content (AvgIpc) is 2.77. The number of hydrogen-bond donors (Lipinski definition) is 1. The van der Waals surface area contributed by atoms with E-state index in [-0.39, 0.29) is 34.1 Å². The van der Waals surface area contributed by atoms with Crippen molar-refractivity contribution in [3.8, 4) is 6.07 Å². The summed E-state index contributed by atoms with van der Waals surface area (Å²) in [7, 11) is 0. The van der Waals surface area contributed by atoms with E-state index in [2.05, 4.69) is 11.4 Å². The number of non-ortho nitro benzene ring substituents is 1. The number of nitriles is 1. The molecule has 2 aromatic rings. The number of halogens is 1. The number of nitro benzene ring substituents is 1. The summed E-state index contributed by atoms with van der Waals surface area (Å²) >= 11 is 7.50. The Labute approximate surface area is 193 Å². The number of rotatable bonds is 7. The molecule has 0 aliphatic carbocycles. The molecule has 1 aliphatic rings. The van der Waals surface area contributed by atoms with Gasteiger partial charge in [-0.2, -0.15) is 5.26 Å². The van der Waals surface area contributed by atoms with E-state index >= 15 is 0 Å². The first-order valence-electron chi connectivity index (χ1n) is 9.52. The van der Waals surface area contributed by atoms with E-state index in [1.165, 1.54) is 31.2 Å². The number of nitrogens with zero attached hydrogens (tertiary/aromatic N) is 2. The van der Waals surface area contributed by atoms with Crippen molar-refractivity contribution < 1.29 is 14.5 Å². The van der Waals surface area contributed by atoms with E-state index < -0.39 is 10.8 Å². The lowest BCUT2D eigenvalue weighted by atomic mass is 9.81. The molecule has 0 radical (unpaired) electrons. The van der Waals surface area contributed by atoms with Crippen molar-refractivity contribution in [2.45, 2.75) is 19.8 Å². The van der Waals surface area contributed by atoms with Gasteiger partial charge < -0.3 is 5.32 Å². The molecule has 1 heterocycles. The molecule has 1 atom stereocenters. The van der Waals surface area contributed by atoms with E-state index in [0.717, 1.165) is 11.8 Å². The van der Waals surface area contributed by atoms with Crippen LogP contribution in [0.2, 0.25) is 5.02 Å². The lowest BCUT2D eigenvalue weighted by Gasteiger charge is -2.29. The summed E-state index contributed by atoms with van der Waals surface area (Å²) < 4.78 is 0. The highest BCUT2D eigenvalue weighted by Crippen LogP contribution is 2.43. The second-order valence-electron chi connectivity index (χ2n) is 7.05. The van der Waals surface area contributed by atoms with Gasteiger partial charge in [0, 0.05) is 34.0 Å². The molecule has 0 amide bonds. The minimum atomic E-state index is -0.664. The minimum Gasteiger partial charge on any atom is -0.353 e. The lowest BCUT2D eigenvalue weighted by Crippen LogP contribution is -2.27. The van der Waals surface area contributed by atoms with Crippen LogP contribution in [0.1, 0.15) is 35.7 Å². The van der Waals surface area contributed by atoms with Gasteiger partial charge in [0.25, 0.3) is 5.69 Å². The van der Waals surface area contributed by atoms with Crippen LogP contribution in [-0.2, 0) is 4.79 Å². The zero-order valence-corrected chi connectivity index (χ0v) is 18.8. The quantitative estimate of drug-likeness (QED) is 0.340. The molecule has 0 spiro atoms. The van der Waals surface area contributed by atoms with Gasteiger partial charge >= 0.3 is 0 Å². The third kappa shape index (κ3) is 4.74. The van der Waals surface area contributed by atoms with Crippen molar-refractivity contribution in [1.82, 2.24) is 5.32 Å². The molecule has 1 N–H and O–H groups in total. The molecule has 32 heavy (non-hydrogen) atoms. The Morgan fingerprint density at radius 2 is 1.97 bits per heavy atom. The molecule has 0 bridgehead atoms. The SMILES string of the molecule is CC(=O)C1=C(C)NC(SCC(=O)c2cccc([N+](=O)[O-])c2)=C(C#N)C1c1ccccc1Cl. The Hall–Kier alpha value is -3.41. The number of Topliss-reactive ketones (excluding diaryl/α,β-unsaturated/α-hetero) is 2. The predicted octanol–water partition coefficient (Wildman–Crippen LogP) is 5.15. The molecule has 3 rings (SSSR count). The van der Waals surface area contributed by atoms with E-state index in [0.29, 0.717) is 26.9 Å². The molecular formula is C23H18ClN3O4S. The summed E-state index contributed by atoms with van der Waals surface area (Å²) in [5, 5.41) is 24.9. The number of dihydropyridines is 1. The number of benzene rings is 2. The Bertz CT molecular complexity index is 1230. The highest BCUT2D eigenvalue weighted by atomic mass is 35.5. The first-order chi connectivity index (χ1) is 15.2. The van der Waals surface area contributed by atoms with E-state index in [9.17, 15) is 25.0 Å². The highest BCUT2D eigenvalue weighted by Gasteiger charge is 2.34. The number of thioether (sulfide) groups is 1. The fourth-order valence-electron chi connectivity index (χ4n) is 3.53. The first-order valence-corrected chi connectivity index (χ1v) is 10.9. The van der Waals surface area contributed by atoms with Crippen molar-refractivity contribution in [3.05, 3.63) is 96.7 Å². The average molecular weight is 468 g/mol. The maximum atomic E-state index is 12.7. The lowest BCUT2D eigenvalue weighted by molar-refractivity contribution is -0.384. The molecule has 162 valence electrons. The molecule has 0 fully saturated rings. The van der Waals surface area contributed by atoms with Gasteiger partial charge in [0.15, 0.2) is 11.6 Å². The number of ketones is 2. The third-order valence-electron chi connectivity index (χ3n) is 4.97. The molecule has 2 aromatic carbocycles. The van der Waals surface area contributed by atoms with Crippen LogP contribution in [0, 0.1) is 21.4 Å². The highest BCUT2D eigenvalue weighted by molar-refractivity contribution is 8.03. The third-order valence-corrected chi connectivity index (χ3v) is 6.33. The molecule has 0 saturated carbocycles. The second kappa shape index (κ2) is 9.81. The predicted molar refractivity (Wildman–Crippen MR) is 123 cm³/mol. The van der Waals surface area contributed by atoms with E-state index in [1.807, 2.05) is 0 Å². The van der Waals surface area contributed by atoms with Gasteiger partial charge in [-0.25, -0.2) is 0 Å². The van der Waals surface area contributed by atoms with Crippen molar-refractivity contribution >= 4 is 40.6 Å². The van der Waals surface area contributed by atoms with Gasteiger partial charge in [0.2, 0.25) is 0 Å². The van der Waals surface area contributed by atoms with Gasteiger partial charge in [0.05, 0.1) is 33.3 Å². The smallest absolute Gasteiger partial charge is 0.270 e. The first kappa shape index (κ1) is 23.3. The molecule has 1 aliphatic heterocycles. The molecule has 7 nitrogen and oxygen atoms in total. The van der Waals surface area contributed by atoms with Crippen LogP contribution in [0.4, 0.5) is 5.69 Å². The number of nitro groups is 1. The van der Waals surface area contributed by atoms with Crippen LogP contribution in [0.3, 0.4) is 0 Å². The number of allylic oxidation sites excluding steroid dienone is 3. The Morgan fingerprint density at radius 3 is 2.59 bits per heavy atom. The van der Waals surface area contributed by atoms with Crippen LogP contribution in [0.5, 0.6) is 0 Å². The van der Waals surface area contributed by atoms with Crippen molar-refractivity contribution in [2.24, 2.45) is 0 Å². The Kier molecular flexibility index (Phi) is 7.13. The maximum absolute atomic E-state index is 12.7. The Morgan fingerprint density at radius 1 is 1.25 bits per heavy atom. The summed E-state index contributed by atoms with van der Waals surface area (Å²) in [5.74, 6) is -1.22. The summed E-state index contributed by atoms with van der Waals surface area (Å²) in [6.45, 7) is 3.17. The molecule has 9 heteroatoms. The zero-order valence-electron chi connectivity index (χ0n) is 17.2.